The van der Waals surface area contributed by atoms with Crippen LogP contribution >= 0.6 is 11.3 Å². The van der Waals surface area contributed by atoms with E-state index in [1.54, 1.807) is 6.07 Å². The summed E-state index contributed by atoms with van der Waals surface area (Å²) in [6.45, 7) is 11.0. The normalized spacial score (nSPS) is 12.2. The van der Waals surface area contributed by atoms with Crippen LogP contribution < -0.4 is 10.0 Å². The van der Waals surface area contributed by atoms with Gasteiger partial charge in [-0.2, -0.15) is 0 Å². The lowest BCUT2D eigenvalue weighted by Crippen LogP contribution is -2.34. The van der Waals surface area contributed by atoms with Gasteiger partial charge in [-0.3, -0.25) is 0 Å². The summed E-state index contributed by atoms with van der Waals surface area (Å²) < 4.78 is 27.5. The summed E-state index contributed by atoms with van der Waals surface area (Å²) in [5, 5.41) is 5.18. The third kappa shape index (κ3) is 6.44. The summed E-state index contributed by atoms with van der Waals surface area (Å²) in [5.74, 6) is 0. The Bertz CT molecular complexity index is 496. The van der Waals surface area contributed by atoms with Gasteiger partial charge in [0.1, 0.15) is 4.21 Å². The minimum absolute atomic E-state index is 0.398. The number of hydrogen-bond donors (Lipinski definition) is 2. The highest BCUT2D eigenvalue weighted by molar-refractivity contribution is 7.91. The molecule has 0 aromatic carbocycles. The van der Waals surface area contributed by atoms with Crippen LogP contribution in [0.2, 0.25) is 0 Å². The largest absolute Gasteiger partial charge is 0.313 e. The van der Waals surface area contributed by atoms with Crippen molar-refractivity contribution in [3.63, 3.8) is 0 Å². The van der Waals surface area contributed by atoms with Gasteiger partial charge >= 0.3 is 0 Å². The quantitative estimate of drug-likeness (QED) is 0.607. The van der Waals surface area contributed by atoms with E-state index in [0.29, 0.717) is 10.8 Å². The van der Waals surface area contributed by atoms with Crippen LogP contribution in [0, 0.1) is 0 Å². The van der Waals surface area contributed by atoms with E-state index in [1.165, 1.54) is 11.3 Å². The second-order valence-corrected chi connectivity index (χ2v) is 7.78. The topological polar surface area (TPSA) is 61.4 Å². The van der Waals surface area contributed by atoms with E-state index < -0.39 is 10.0 Å². The molecule has 1 aromatic heterocycles. The number of hydrogen-bond acceptors (Lipinski definition) is 5. The summed E-state index contributed by atoms with van der Waals surface area (Å²) >= 11 is 1.28. The molecule has 0 spiro atoms. The Morgan fingerprint density at radius 1 is 1.19 bits per heavy atom. The third-order valence-electron chi connectivity index (χ3n) is 3.27. The van der Waals surface area contributed by atoms with Crippen molar-refractivity contribution in [2.45, 2.75) is 37.9 Å². The van der Waals surface area contributed by atoms with Gasteiger partial charge in [-0.1, -0.05) is 20.8 Å². The standard InChI is InChI=1S/C14H27N3O2S2/c1-4-7-15-11-13-10-14(20-12-13)21(18,19)16-8-9-17(5-2)6-3/h10,12,15-16H,4-9,11H2,1-3H3. The first-order valence-corrected chi connectivity index (χ1v) is 9.89. The second kappa shape index (κ2) is 9.53. The molecule has 0 radical (unpaired) electrons. The van der Waals surface area contributed by atoms with Crippen LogP contribution in [0.4, 0.5) is 0 Å². The lowest BCUT2D eigenvalue weighted by Gasteiger charge is -2.17. The average molecular weight is 334 g/mol. The van der Waals surface area contributed by atoms with Gasteiger partial charge in [0.25, 0.3) is 0 Å². The number of nitrogens with one attached hydrogen (secondary N) is 2. The zero-order chi connectivity index (χ0) is 15.7. The summed E-state index contributed by atoms with van der Waals surface area (Å²) in [5.41, 5.74) is 1.03. The molecular weight excluding hydrogens is 306 g/mol. The minimum Gasteiger partial charge on any atom is -0.313 e. The summed E-state index contributed by atoms with van der Waals surface area (Å²) in [4.78, 5) is 2.19. The molecule has 0 fully saturated rings. The van der Waals surface area contributed by atoms with Crippen molar-refractivity contribution >= 4 is 21.4 Å². The van der Waals surface area contributed by atoms with Crippen LogP contribution in [0.5, 0.6) is 0 Å². The first-order chi connectivity index (χ1) is 10.0. The van der Waals surface area contributed by atoms with E-state index in [-0.39, 0.29) is 0 Å². The fraction of sp³-hybridized carbons (Fsp3) is 0.714. The molecule has 0 atom stereocenters. The Morgan fingerprint density at radius 3 is 2.52 bits per heavy atom. The molecule has 7 heteroatoms. The second-order valence-electron chi connectivity index (χ2n) is 4.88. The Hall–Kier alpha value is -0.470. The van der Waals surface area contributed by atoms with Crippen LogP contribution in [0.25, 0.3) is 0 Å². The van der Waals surface area contributed by atoms with Crippen LogP contribution in [0.1, 0.15) is 32.8 Å². The third-order valence-corrected chi connectivity index (χ3v) is 6.21. The van der Waals surface area contributed by atoms with Crippen molar-refractivity contribution < 1.29 is 8.42 Å². The van der Waals surface area contributed by atoms with Crippen molar-refractivity contribution in [2.24, 2.45) is 0 Å². The maximum absolute atomic E-state index is 12.2. The van der Waals surface area contributed by atoms with E-state index in [0.717, 1.165) is 44.7 Å². The van der Waals surface area contributed by atoms with Gasteiger partial charge in [0, 0.05) is 19.6 Å². The van der Waals surface area contributed by atoms with Crippen molar-refractivity contribution in [3.05, 3.63) is 17.0 Å². The maximum Gasteiger partial charge on any atom is 0.250 e. The molecule has 1 aromatic rings. The molecule has 1 heterocycles. The Balaban J connectivity index is 2.50. The molecule has 0 amide bonds. The van der Waals surface area contributed by atoms with Gasteiger partial charge in [-0.05, 0) is 43.1 Å². The smallest absolute Gasteiger partial charge is 0.250 e. The molecule has 0 saturated carbocycles. The van der Waals surface area contributed by atoms with Crippen molar-refractivity contribution in [1.82, 2.24) is 14.9 Å². The first-order valence-electron chi connectivity index (χ1n) is 7.53. The van der Waals surface area contributed by atoms with Gasteiger partial charge in [0.2, 0.25) is 10.0 Å². The lowest BCUT2D eigenvalue weighted by molar-refractivity contribution is 0.309. The number of rotatable bonds is 11. The van der Waals surface area contributed by atoms with Crippen LogP contribution in [-0.4, -0.2) is 46.0 Å². The minimum atomic E-state index is -3.37. The summed E-state index contributed by atoms with van der Waals surface area (Å²) in [7, 11) is -3.37. The number of sulfonamides is 1. The highest BCUT2D eigenvalue weighted by atomic mass is 32.2. The monoisotopic (exact) mass is 333 g/mol. The lowest BCUT2D eigenvalue weighted by atomic mass is 10.3. The first kappa shape index (κ1) is 18.6. The van der Waals surface area contributed by atoms with E-state index in [9.17, 15) is 8.42 Å². The zero-order valence-electron chi connectivity index (χ0n) is 13.2. The molecule has 122 valence electrons. The summed E-state index contributed by atoms with van der Waals surface area (Å²) in [6, 6.07) is 1.76. The van der Waals surface area contributed by atoms with E-state index in [1.807, 2.05) is 5.38 Å². The molecule has 0 aliphatic heterocycles. The summed E-state index contributed by atoms with van der Waals surface area (Å²) in [6.07, 6.45) is 1.07. The van der Waals surface area contributed by atoms with Gasteiger partial charge < -0.3 is 10.2 Å². The van der Waals surface area contributed by atoms with Crippen LogP contribution in [-0.2, 0) is 16.6 Å². The Kier molecular flexibility index (Phi) is 8.43. The Morgan fingerprint density at radius 2 is 1.90 bits per heavy atom. The van der Waals surface area contributed by atoms with Crippen LogP contribution in [0.15, 0.2) is 15.7 Å². The van der Waals surface area contributed by atoms with Gasteiger partial charge in [-0.15, -0.1) is 11.3 Å². The fourth-order valence-electron chi connectivity index (χ4n) is 1.95. The molecule has 21 heavy (non-hydrogen) atoms. The van der Waals surface area contributed by atoms with E-state index in [4.69, 9.17) is 0 Å². The molecule has 5 nitrogen and oxygen atoms in total. The van der Waals surface area contributed by atoms with Crippen molar-refractivity contribution in [3.8, 4) is 0 Å². The predicted octanol–water partition coefficient (Wildman–Crippen LogP) is 1.87. The highest BCUT2D eigenvalue weighted by Gasteiger charge is 2.16. The number of likely N-dealkylation sites (N-methyl/N-ethyl adjacent to an activating group) is 1. The van der Waals surface area contributed by atoms with Gasteiger partial charge in [-0.25, -0.2) is 13.1 Å². The fourth-order valence-corrected chi connectivity index (χ4v) is 4.22. The highest BCUT2D eigenvalue weighted by Crippen LogP contribution is 2.19. The molecule has 0 bridgehead atoms. The molecule has 0 unspecified atom stereocenters. The zero-order valence-corrected chi connectivity index (χ0v) is 14.8. The van der Waals surface area contributed by atoms with E-state index >= 15 is 0 Å². The number of nitrogens with zero attached hydrogens (tertiary/aromatic N) is 1. The molecule has 0 aliphatic rings. The molecule has 2 N–H and O–H groups in total. The average Bonchev–Trinajstić information content (AvgIpc) is 2.94. The van der Waals surface area contributed by atoms with Gasteiger partial charge in [0.05, 0.1) is 0 Å². The van der Waals surface area contributed by atoms with Crippen LogP contribution in [0.3, 0.4) is 0 Å². The Labute approximate surface area is 132 Å². The van der Waals surface area contributed by atoms with Crippen molar-refractivity contribution in [2.75, 3.05) is 32.7 Å². The van der Waals surface area contributed by atoms with E-state index in [2.05, 4.69) is 35.7 Å². The molecule has 0 saturated heterocycles. The van der Waals surface area contributed by atoms with Crippen molar-refractivity contribution in [1.29, 1.82) is 0 Å². The predicted molar refractivity (Wildman–Crippen MR) is 89.3 cm³/mol. The van der Waals surface area contributed by atoms with Gasteiger partial charge in [0.15, 0.2) is 0 Å². The number of thiophene rings is 1. The molecule has 0 aliphatic carbocycles. The maximum atomic E-state index is 12.2. The molecular formula is C14H27N3O2S2. The SMILES string of the molecule is CCCNCc1csc(S(=O)(=O)NCCN(CC)CC)c1. The molecule has 1 rings (SSSR count).